The number of nitrogens with one attached hydrogen (secondary N) is 1. The molecule has 2 atom stereocenters. The number of sulfonamides is 1. The van der Waals surface area contributed by atoms with Crippen molar-refractivity contribution in [3.8, 4) is 0 Å². The Labute approximate surface area is 187 Å². The van der Waals surface area contributed by atoms with Gasteiger partial charge in [0.05, 0.1) is 27.3 Å². The molecule has 9 heteroatoms. The maximum Gasteiger partial charge on any atom is 0.264 e. The molecule has 1 fully saturated rings. The van der Waals surface area contributed by atoms with Gasteiger partial charge in [-0.3, -0.25) is 9.10 Å². The van der Waals surface area contributed by atoms with E-state index in [4.69, 9.17) is 16.3 Å². The molecule has 1 saturated heterocycles. The summed E-state index contributed by atoms with van der Waals surface area (Å²) in [5.41, 5.74) is 0.379. The highest BCUT2D eigenvalue weighted by molar-refractivity contribution is 7.92. The van der Waals surface area contributed by atoms with Crippen molar-refractivity contribution in [1.82, 2.24) is 5.32 Å². The number of carbonyl (C=O) groups is 1. The fourth-order valence-electron chi connectivity index (χ4n) is 3.47. The summed E-state index contributed by atoms with van der Waals surface area (Å²) in [6, 6.07) is 8.97. The lowest BCUT2D eigenvalue weighted by atomic mass is 10.1. The summed E-state index contributed by atoms with van der Waals surface area (Å²) in [6.45, 7) is 2.68. The second-order valence-electron chi connectivity index (χ2n) is 7.68. The molecule has 2 unspecified atom stereocenters. The van der Waals surface area contributed by atoms with Crippen LogP contribution in [0.4, 0.5) is 10.1 Å². The Balaban J connectivity index is 1.73. The molecule has 1 aliphatic heterocycles. The van der Waals surface area contributed by atoms with Gasteiger partial charge in [0.1, 0.15) is 5.82 Å². The van der Waals surface area contributed by atoms with Crippen molar-refractivity contribution in [2.75, 3.05) is 18.0 Å². The van der Waals surface area contributed by atoms with Crippen LogP contribution in [0.1, 0.15) is 43.0 Å². The molecule has 0 bridgehead atoms. The van der Waals surface area contributed by atoms with Gasteiger partial charge in [-0.25, -0.2) is 12.8 Å². The topological polar surface area (TPSA) is 75.7 Å². The fraction of sp³-hybridized carbons (Fsp3) is 0.409. The Morgan fingerprint density at radius 2 is 2.00 bits per heavy atom. The molecular weight excluding hydrogens is 443 g/mol. The summed E-state index contributed by atoms with van der Waals surface area (Å²) in [5, 5.41) is 3.04. The minimum absolute atomic E-state index is 0.0825. The Kier molecular flexibility index (Phi) is 7.56. The molecule has 2 aromatic rings. The van der Waals surface area contributed by atoms with E-state index in [0.717, 1.165) is 36.6 Å². The van der Waals surface area contributed by atoms with Gasteiger partial charge in [-0.1, -0.05) is 11.6 Å². The summed E-state index contributed by atoms with van der Waals surface area (Å²) in [6.07, 6.45) is 3.94. The second kappa shape index (κ2) is 9.97. The molecule has 0 saturated carbocycles. The first-order valence-corrected chi connectivity index (χ1v) is 12.0. The van der Waals surface area contributed by atoms with Crippen molar-refractivity contribution in [1.29, 1.82) is 0 Å². The van der Waals surface area contributed by atoms with E-state index < -0.39 is 21.7 Å². The first-order valence-electron chi connectivity index (χ1n) is 10.1. The fourth-order valence-corrected chi connectivity index (χ4v) is 4.89. The summed E-state index contributed by atoms with van der Waals surface area (Å²) in [5.74, 6) is -0.903. The first kappa shape index (κ1) is 23.5. The van der Waals surface area contributed by atoms with Crippen LogP contribution in [-0.2, 0) is 14.8 Å². The molecule has 1 amide bonds. The van der Waals surface area contributed by atoms with Gasteiger partial charge < -0.3 is 10.1 Å². The molecule has 1 heterocycles. The number of nitrogens with zero attached hydrogens (tertiary/aromatic N) is 1. The standard InChI is InChI=1S/C22H26ClFN2O4S/c1-15(5-10-18-4-3-13-30-18)25-22(27)20-14-19(11-12-21(20)23)31(28,29)26(2)17-8-6-16(24)7-9-17/h6-9,11-12,14-15,18H,3-5,10,13H2,1-2H3,(H,25,27). The number of carbonyl (C=O) groups excluding carboxylic acids is 1. The molecule has 2 aromatic carbocycles. The normalized spacial score (nSPS) is 17.4. The maximum atomic E-state index is 13.2. The summed E-state index contributed by atoms with van der Waals surface area (Å²) < 4.78 is 45.8. The summed E-state index contributed by atoms with van der Waals surface area (Å²) >= 11 is 6.19. The lowest BCUT2D eigenvalue weighted by molar-refractivity contribution is 0.0899. The molecule has 168 valence electrons. The smallest absolute Gasteiger partial charge is 0.264 e. The van der Waals surface area contributed by atoms with Gasteiger partial charge in [0.15, 0.2) is 0 Å². The number of anilines is 1. The highest BCUT2D eigenvalue weighted by Crippen LogP contribution is 2.26. The van der Waals surface area contributed by atoms with Gasteiger partial charge in [-0.2, -0.15) is 0 Å². The van der Waals surface area contributed by atoms with Gasteiger partial charge in [0, 0.05) is 19.7 Å². The van der Waals surface area contributed by atoms with Crippen molar-refractivity contribution >= 4 is 33.2 Å². The summed E-state index contributed by atoms with van der Waals surface area (Å²) in [7, 11) is -2.61. The Bertz CT molecular complexity index is 1020. The number of amides is 1. The second-order valence-corrected chi connectivity index (χ2v) is 10.1. The van der Waals surface area contributed by atoms with Crippen LogP contribution in [0.15, 0.2) is 47.4 Å². The zero-order valence-corrected chi connectivity index (χ0v) is 19.0. The van der Waals surface area contributed by atoms with Gasteiger partial charge in [-0.15, -0.1) is 0 Å². The number of ether oxygens (including phenoxy) is 1. The van der Waals surface area contributed by atoms with Crippen molar-refractivity contribution in [2.45, 2.75) is 49.6 Å². The van der Waals surface area contributed by atoms with Crippen LogP contribution in [0.3, 0.4) is 0 Å². The van der Waals surface area contributed by atoms with Crippen molar-refractivity contribution < 1.29 is 22.3 Å². The number of rotatable bonds is 8. The van der Waals surface area contributed by atoms with Gasteiger partial charge in [0.2, 0.25) is 0 Å². The van der Waals surface area contributed by atoms with E-state index in [-0.39, 0.29) is 27.6 Å². The Hall–Kier alpha value is -2.16. The number of halogens is 2. The molecule has 0 aromatic heterocycles. The lowest BCUT2D eigenvalue weighted by Crippen LogP contribution is -2.33. The van der Waals surface area contributed by atoms with Gasteiger partial charge in [0.25, 0.3) is 15.9 Å². The summed E-state index contributed by atoms with van der Waals surface area (Å²) in [4.78, 5) is 12.7. The monoisotopic (exact) mass is 468 g/mol. The first-order chi connectivity index (χ1) is 14.7. The van der Waals surface area contributed by atoms with Crippen LogP contribution in [-0.4, -0.2) is 40.1 Å². The van der Waals surface area contributed by atoms with E-state index in [0.29, 0.717) is 5.69 Å². The predicted molar refractivity (Wildman–Crippen MR) is 119 cm³/mol. The highest BCUT2D eigenvalue weighted by atomic mass is 35.5. The predicted octanol–water partition coefficient (Wildman–Crippen LogP) is 4.38. The number of benzene rings is 2. The highest BCUT2D eigenvalue weighted by Gasteiger charge is 2.24. The molecule has 6 nitrogen and oxygen atoms in total. The van der Waals surface area contributed by atoms with Crippen LogP contribution < -0.4 is 9.62 Å². The van der Waals surface area contributed by atoms with E-state index in [1.807, 2.05) is 6.92 Å². The molecule has 31 heavy (non-hydrogen) atoms. The third-order valence-electron chi connectivity index (χ3n) is 5.35. The van der Waals surface area contributed by atoms with Crippen LogP contribution in [0.5, 0.6) is 0 Å². The third kappa shape index (κ3) is 5.75. The molecule has 1 aliphatic rings. The zero-order valence-electron chi connectivity index (χ0n) is 17.5. The quantitative estimate of drug-likeness (QED) is 0.623. The third-order valence-corrected chi connectivity index (χ3v) is 7.47. The van der Waals surface area contributed by atoms with Gasteiger partial charge in [-0.05, 0) is 75.1 Å². The van der Waals surface area contributed by atoms with Crippen LogP contribution in [0, 0.1) is 5.82 Å². The Morgan fingerprint density at radius 3 is 2.65 bits per heavy atom. The number of hydrogen-bond donors (Lipinski definition) is 1. The van der Waals surface area contributed by atoms with E-state index >= 15 is 0 Å². The number of hydrogen-bond acceptors (Lipinski definition) is 4. The van der Waals surface area contributed by atoms with Gasteiger partial charge >= 0.3 is 0 Å². The average Bonchev–Trinajstić information content (AvgIpc) is 3.26. The van der Waals surface area contributed by atoms with Crippen molar-refractivity contribution in [3.63, 3.8) is 0 Å². The van der Waals surface area contributed by atoms with Crippen molar-refractivity contribution in [2.24, 2.45) is 0 Å². The van der Waals surface area contributed by atoms with E-state index in [9.17, 15) is 17.6 Å². The molecular formula is C22H26ClFN2O4S. The minimum Gasteiger partial charge on any atom is -0.378 e. The largest absolute Gasteiger partial charge is 0.378 e. The van der Waals surface area contributed by atoms with Crippen LogP contribution in [0.25, 0.3) is 0 Å². The lowest BCUT2D eigenvalue weighted by Gasteiger charge is -2.20. The van der Waals surface area contributed by atoms with Crippen LogP contribution in [0.2, 0.25) is 5.02 Å². The molecule has 0 aliphatic carbocycles. The average molecular weight is 469 g/mol. The molecule has 0 spiro atoms. The molecule has 0 radical (unpaired) electrons. The van der Waals surface area contributed by atoms with E-state index in [1.54, 1.807) is 0 Å². The van der Waals surface area contributed by atoms with Crippen molar-refractivity contribution in [3.05, 3.63) is 58.9 Å². The van der Waals surface area contributed by atoms with Crippen LogP contribution >= 0.6 is 11.6 Å². The molecule has 1 N–H and O–H groups in total. The zero-order chi connectivity index (χ0) is 22.6. The van der Waals surface area contributed by atoms with E-state index in [1.165, 1.54) is 49.5 Å². The Morgan fingerprint density at radius 1 is 1.29 bits per heavy atom. The SMILES string of the molecule is CC(CCC1CCCO1)NC(=O)c1cc(S(=O)(=O)N(C)c2ccc(F)cc2)ccc1Cl. The molecule has 3 rings (SSSR count). The van der Waals surface area contributed by atoms with E-state index in [2.05, 4.69) is 5.32 Å². The maximum absolute atomic E-state index is 13.2. The minimum atomic E-state index is -3.97.